The van der Waals surface area contributed by atoms with Gasteiger partial charge < -0.3 is 9.84 Å². The van der Waals surface area contributed by atoms with E-state index in [0.29, 0.717) is 0 Å². The van der Waals surface area contributed by atoms with Crippen molar-refractivity contribution in [2.24, 2.45) is 0 Å². The number of ether oxygens (including phenoxy) is 1. The first-order valence-electron chi connectivity index (χ1n) is 5.74. The van der Waals surface area contributed by atoms with Gasteiger partial charge in [0.15, 0.2) is 0 Å². The second-order valence-electron chi connectivity index (χ2n) is 4.26. The third-order valence-electron chi connectivity index (χ3n) is 3.09. The van der Waals surface area contributed by atoms with E-state index in [2.05, 4.69) is 4.74 Å². The molecule has 0 aliphatic carbocycles. The number of piperidine rings is 1. The quantitative estimate of drug-likeness (QED) is 0.591. The molecule has 1 saturated heterocycles. The number of nitriles is 1. The van der Waals surface area contributed by atoms with Crippen molar-refractivity contribution in [2.45, 2.75) is 31.3 Å². The highest BCUT2D eigenvalue weighted by atomic mass is 19.3. The Balaban J connectivity index is 2.71. The molecule has 1 N–H and O–H groups in total. The van der Waals surface area contributed by atoms with E-state index in [9.17, 15) is 18.7 Å². The van der Waals surface area contributed by atoms with Crippen LogP contribution in [0.4, 0.5) is 8.78 Å². The molecular weight excluding hydrogens is 246 g/mol. The first-order valence-corrected chi connectivity index (χ1v) is 5.74. The first-order chi connectivity index (χ1) is 8.37. The molecule has 5 nitrogen and oxygen atoms in total. The van der Waals surface area contributed by atoms with E-state index in [-0.39, 0.29) is 39.1 Å². The molecule has 18 heavy (non-hydrogen) atoms. The SMILES string of the molecule is CCOC(=O)C(F)(F)C1(O)CCN(CC#N)CC1. The first kappa shape index (κ1) is 14.8. The highest BCUT2D eigenvalue weighted by Gasteiger charge is 2.60. The third-order valence-corrected chi connectivity index (χ3v) is 3.09. The van der Waals surface area contributed by atoms with Crippen molar-refractivity contribution in [3.63, 3.8) is 0 Å². The summed E-state index contributed by atoms with van der Waals surface area (Å²) in [5, 5.41) is 18.4. The topological polar surface area (TPSA) is 73.6 Å². The van der Waals surface area contributed by atoms with Gasteiger partial charge in [-0.2, -0.15) is 14.0 Å². The molecule has 0 atom stereocenters. The van der Waals surface area contributed by atoms with E-state index in [1.807, 2.05) is 6.07 Å². The van der Waals surface area contributed by atoms with Gasteiger partial charge in [-0.05, 0) is 19.8 Å². The minimum absolute atomic E-state index is 0.126. The summed E-state index contributed by atoms with van der Waals surface area (Å²) in [7, 11) is 0. The number of aliphatic hydroxyl groups is 1. The second-order valence-corrected chi connectivity index (χ2v) is 4.26. The van der Waals surface area contributed by atoms with Crippen molar-refractivity contribution in [3.05, 3.63) is 0 Å². The fourth-order valence-electron chi connectivity index (χ4n) is 1.91. The molecule has 0 amide bonds. The molecule has 1 aliphatic heterocycles. The van der Waals surface area contributed by atoms with Gasteiger partial charge in [-0.15, -0.1) is 0 Å². The lowest BCUT2D eigenvalue weighted by atomic mass is 9.85. The number of carbonyl (C=O) groups is 1. The van der Waals surface area contributed by atoms with Crippen LogP contribution in [-0.4, -0.2) is 53.7 Å². The van der Waals surface area contributed by atoms with Crippen LogP contribution in [0.25, 0.3) is 0 Å². The van der Waals surface area contributed by atoms with Crippen LogP contribution in [0.3, 0.4) is 0 Å². The summed E-state index contributed by atoms with van der Waals surface area (Å²) in [5.74, 6) is -5.61. The molecule has 0 saturated carbocycles. The zero-order valence-corrected chi connectivity index (χ0v) is 10.2. The Morgan fingerprint density at radius 1 is 1.56 bits per heavy atom. The van der Waals surface area contributed by atoms with Crippen LogP contribution in [0.5, 0.6) is 0 Å². The fraction of sp³-hybridized carbons (Fsp3) is 0.818. The minimum atomic E-state index is -3.91. The minimum Gasteiger partial charge on any atom is -0.461 e. The zero-order chi connectivity index (χ0) is 13.8. The molecule has 0 aromatic carbocycles. The Bertz CT molecular complexity index is 347. The van der Waals surface area contributed by atoms with E-state index in [0.717, 1.165) is 0 Å². The average molecular weight is 262 g/mol. The zero-order valence-electron chi connectivity index (χ0n) is 10.2. The molecule has 1 rings (SSSR count). The second kappa shape index (κ2) is 5.59. The molecule has 1 fully saturated rings. The van der Waals surface area contributed by atoms with Gasteiger partial charge in [0.2, 0.25) is 0 Å². The molecule has 102 valence electrons. The Morgan fingerprint density at radius 3 is 2.56 bits per heavy atom. The summed E-state index contributed by atoms with van der Waals surface area (Å²) in [5.41, 5.74) is -2.38. The van der Waals surface area contributed by atoms with Crippen molar-refractivity contribution < 1.29 is 23.4 Å². The van der Waals surface area contributed by atoms with Gasteiger partial charge in [-0.25, -0.2) is 4.79 Å². The van der Waals surface area contributed by atoms with Gasteiger partial charge in [0, 0.05) is 13.1 Å². The average Bonchev–Trinajstić information content (AvgIpc) is 2.32. The number of hydrogen-bond acceptors (Lipinski definition) is 5. The molecule has 7 heteroatoms. The largest absolute Gasteiger partial charge is 0.461 e. The van der Waals surface area contributed by atoms with Gasteiger partial charge in [-0.1, -0.05) is 0 Å². The highest BCUT2D eigenvalue weighted by molar-refractivity contribution is 5.79. The van der Waals surface area contributed by atoms with Crippen molar-refractivity contribution in [1.29, 1.82) is 5.26 Å². The normalized spacial score (nSPS) is 20.2. The Hall–Kier alpha value is -1.26. The molecular formula is C11H16F2N2O3. The Morgan fingerprint density at radius 2 is 2.11 bits per heavy atom. The highest BCUT2D eigenvalue weighted by Crippen LogP contribution is 2.38. The van der Waals surface area contributed by atoms with Gasteiger partial charge >= 0.3 is 11.9 Å². The van der Waals surface area contributed by atoms with Gasteiger partial charge in [0.25, 0.3) is 0 Å². The summed E-state index contributed by atoms with van der Waals surface area (Å²) in [4.78, 5) is 12.8. The summed E-state index contributed by atoms with van der Waals surface area (Å²) in [6.07, 6.45) is -0.527. The van der Waals surface area contributed by atoms with Crippen molar-refractivity contribution in [2.75, 3.05) is 26.2 Å². The molecule has 0 aromatic rings. The van der Waals surface area contributed by atoms with Gasteiger partial charge in [0.05, 0.1) is 19.2 Å². The van der Waals surface area contributed by atoms with Crippen LogP contribution < -0.4 is 0 Å². The van der Waals surface area contributed by atoms with Gasteiger partial charge in [-0.3, -0.25) is 4.90 Å². The number of rotatable bonds is 4. The number of halogens is 2. The summed E-state index contributed by atoms with van der Waals surface area (Å²) >= 11 is 0. The van der Waals surface area contributed by atoms with E-state index >= 15 is 0 Å². The molecule has 1 heterocycles. The lowest BCUT2D eigenvalue weighted by molar-refractivity contribution is -0.222. The number of nitrogens with zero attached hydrogens (tertiary/aromatic N) is 2. The fourth-order valence-corrected chi connectivity index (χ4v) is 1.91. The van der Waals surface area contributed by atoms with E-state index < -0.39 is 17.5 Å². The molecule has 1 aliphatic rings. The molecule has 0 bridgehead atoms. The van der Waals surface area contributed by atoms with Crippen molar-refractivity contribution >= 4 is 5.97 Å². The lowest BCUT2D eigenvalue weighted by Gasteiger charge is -2.40. The standard InChI is InChI=1S/C11H16F2N2O3/c1-2-18-9(16)11(12,13)10(17)3-6-15(7-4-10)8-5-14/h17H,2-4,6-8H2,1H3. The van der Waals surface area contributed by atoms with E-state index in [1.54, 1.807) is 4.90 Å². The number of likely N-dealkylation sites (tertiary alicyclic amines) is 1. The molecule has 0 radical (unpaired) electrons. The third kappa shape index (κ3) is 2.76. The predicted molar refractivity (Wildman–Crippen MR) is 57.8 cm³/mol. The van der Waals surface area contributed by atoms with Crippen molar-refractivity contribution in [1.82, 2.24) is 4.90 Å². The molecule has 0 aromatic heterocycles. The summed E-state index contributed by atoms with van der Waals surface area (Å²) < 4.78 is 31.8. The van der Waals surface area contributed by atoms with Gasteiger partial charge in [0.1, 0.15) is 5.60 Å². The van der Waals surface area contributed by atoms with Crippen LogP contribution in [0.2, 0.25) is 0 Å². The number of alkyl halides is 2. The van der Waals surface area contributed by atoms with Crippen LogP contribution in [-0.2, 0) is 9.53 Å². The molecule has 0 unspecified atom stereocenters. The van der Waals surface area contributed by atoms with E-state index in [1.165, 1.54) is 6.92 Å². The number of esters is 1. The van der Waals surface area contributed by atoms with Crippen LogP contribution >= 0.6 is 0 Å². The van der Waals surface area contributed by atoms with Crippen molar-refractivity contribution in [3.8, 4) is 6.07 Å². The smallest absolute Gasteiger partial charge is 0.380 e. The van der Waals surface area contributed by atoms with Crippen LogP contribution in [0.15, 0.2) is 0 Å². The number of hydrogen-bond donors (Lipinski definition) is 1. The van der Waals surface area contributed by atoms with Crippen LogP contribution in [0.1, 0.15) is 19.8 Å². The maximum absolute atomic E-state index is 13.8. The maximum atomic E-state index is 13.8. The predicted octanol–water partition coefficient (Wildman–Crippen LogP) is 0.535. The van der Waals surface area contributed by atoms with Crippen LogP contribution in [0, 0.1) is 11.3 Å². The Kier molecular flexibility index (Phi) is 4.59. The maximum Gasteiger partial charge on any atom is 0.380 e. The molecule has 0 spiro atoms. The summed E-state index contributed by atoms with van der Waals surface area (Å²) in [6.45, 7) is 1.69. The van der Waals surface area contributed by atoms with E-state index in [4.69, 9.17) is 5.26 Å². The number of carbonyl (C=O) groups excluding carboxylic acids is 1. The lowest BCUT2D eigenvalue weighted by Crippen LogP contribution is -2.59. The Labute approximate surface area is 104 Å². The monoisotopic (exact) mass is 262 g/mol. The summed E-state index contributed by atoms with van der Waals surface area (Å²) in [6, 6.07) is 1.91.